The van der Waals surface area contributed by atoms with Gasteiger partial charge in [-0.05, 0) is 0 Å². The Kier molecular flexibility index (Phi) is 5.73. The quantitative estimate of drug-likeness (QED) is 0.276. The molecule has 0 amide bonds. The fourth-order valence-corrected chi connectivity index (χ4v) is 1.46. The summed E-state index contributed by atoms with van der Waals surface area (Å²) in [6, 6.07) is 0. The van der Waals surface area contributed by atoms with E-state index in [0.29, 0.717) is 0 Å². The zero-order chi connectivity index (χ0) is 12.5. The molecule has 0 fully saturated rings. The number of phosphoric acid groups is 1. The van der Waals surface area contributed by atoms with Gasteiger partial charge in [0.1, 0.15) is 13.9 Å². The van der Waals surface area contributed by atoms with Crippen molar-refractivity contribution in [2.45, 2.75) is 12.2 Å². The van der Waals surface area contributed by atoms with Crippen molar-refractivity contribution in [3.05, 3.63) is 11.5 Å². The Balaban J connectivity index is 0.00000256. The van der Waals surface area contributed by atoms with Crippen LogP contribution < -0.4 is 9.79 Å². The number of aliphatic hydroxyl groups is 3. The summed E-state index contributed by atoms with van der Waals surface area (Å²) in [5, 5.41) is 26.7. The minimum Gasteiger partial charge on any atom is -0.780 e. The summed E-state index contributed by atoms with van der Waals surface area (Å²) in [5.74, 6) is -3.62. The molecular formula is C6H7O9PZn. The molecule has 1 rings (SSSR count). The number of carbonyl (C=O) groups is 1. The molecule has 0 unspecified atom stereocenters. The average Bonchev–Trinajstić information content (AvgIpc) is 2.43. The van der Waals surface area contributed by atoms with E-state index in [9.17, 15) is 19.1 Å². The molecule has 0 saturated heterocycles. The van der Waals surface area contributed by atoms with Gasteiger partial charge in [-0.25, -0.2) is 4.79 Å². The van der Waals surface area contributed by atoms with Gasteiger partial charge in [0.05, 0.1) is 6.61 Å². The summed E-state index contributed by atoms with van der Waals surface area (Å²) in [5.41, 5.74) is 0. The van der Waals surface area contributed by atoms with Crippen molar-refractivity contribution in [2.24, 2.45) is 0 Å². The van der Waals surface area contributed by atoms with Crippen LogP contribution in [0.4, 0.5) is 0 Å². The maximum absolute atomic E-state index is 10.8. The van der Waals surface area contributed by atoms with Crippen LogP contribution in [0.25, 0.3) is 0 Å². The van der Waals surface area contributed by atoms with E-state index in [-0.39, 0.29) is 19.5 Å². The molecule has 0 aromatic carbocycles. The van der Waals surface area contributed by atoms with Gasteiger partial charge in [0, 0.05) is 0 Å². The Labute approximate surface area is 108 Å². The summed E-state index contributed by atoms with van der Waals surface area (Å²) in [6.07, 6.45) is -3.44. The van der Waals surface area contributed by atoms with Crippen LogP contribution in [-0.2, 0) is 38.1 Å². The van der Waals surface area contributed by atoms with Crippen LogP contribution in [0.5, 0.6) is 0 Å². The molecule has 92 valence electrons. The fraction of sp³-hybridized carbons (Fsp3) is 0.500. The van der Waals surface area contributed by atoms with Crippen molar-refractivity contribution in [2.75, 3.05) is 6.61 Å². The van der Waals surface area contributed by atoms with Gasteiger partial charge in [-0.15, -0.1) is 0 Å². The molecule has 0 aliphatic carbocycles. The predicted molar refractivity (Wildman–Crippen MR) is 41.3 cm³/mol. The molecule has 17 heavy (non-hydrogen) atoms. The zero-order valence-electron chi connectivity index (χ0n) is 8.31. The monoisotopic (exact) mass is 318 g/mol. The second-order valence-corrected chi connectivity index (χ2v) is 3.90. The summed E-state index contributed by atoms with van der Waals surface area (Å²) in [7, 11) is -5.51. The van der Waals surface area contributed by atoms with E-state index < -0.39 is 44.1 Å². The first-order valence-electron chi connectivity index (χ1n) is 3.91. The van der Waals surface area contributed by atoms with Crippen molar-refractivity contribution in [3.63, 3.8) is 0 Å². The third-order valence-electron chi connectivity index (χ3n) is 1.67. The third kappa shape index (κ3) is 4.02. The number of phosphoric ester groups is 1. The Hall–Kier alpha value is -0.497. The van der Waals surface area contributed by atoms with Crippen LogP contribution in [0.3, 0.4) is 0 Å². The van der Waals surface area contributed by atoms with Gasteiger partial charge in [-0.2, -0.15) is 0 Å². The van der Waals surface area contributed by atoms with E-state index in [2.05, 4.69) is 9.26 Å². The predicted octanol–water partition coefficient (Wildman–Crippen LogP) is -3.12. The number of hydrogen-bond acceptors (Lipinski definition) is 9. The molecule has 0 aromatic heterocycles. The maximum atomic E-state index is 10.8. The van der Waals surface area contributed by atoms with Gasteiger partial charge in [0.2, 0.25) is 5.76 Å². The van der Waals surface area contributed by atoms with Gasteiger partial charge in [-0.1, -0.05) is 0 Å². The zero-order valence-corrected chi connectivity index (χ0v) is 12.2. The number of cyclic esters (lactones) is 1. The third-order valence-corrected chi connectivity index (χ3v) is 2.09. The molecule has 1 heterocycles. The van der Waals surface area contributed by atoms with E-state index in [4.69, 9.17) is 15.3 Å². The Morgan fingerprint density at radius 3 is 2.47 bits per heavy atom. The second-order valence-electron chi connectivity index (χ2n) is 2.83. The molecular weight excluding hydrogens is 312 g/mol. The Bertz CT molecular complexity index is 374. The molecule has 11 heteroatoms. The summed E-state index contributed by atoms with van der Waals surface area (Å²) in [6.45, 7) is -0.889. The molecule has 0 bridgehead atoms. The van der Waals surface area contributed by atoms with Crippen molar-refractivity contribution >= 4 is 13.8 Å². The van der Waals surface area contributed by atoms with Crippen molar-refractivity contribution in [1.29, 1.82) is 0 Å². The van der Waals surface area contributed by atoms with Gasteiger partial charge in [0.25, 0.3) is 0 Å². The smallest absolute Gasteiger partial charge is 0.780 e. The minimum atomic E-state index is -5.51. The normalized spacial score (nSPS) is 21.9. The minimum absolute atomic E-state index is 0. The van der Waals surface area contributed by atoms with E-state index in [1.807, 2.05) is 0 Å². The first kappa shape index (κ1) is 16.5. The first-order valence-corrected chi connectivity index (χ1v) is 5.37. The summed E-state index contributed by atoms with van der Waals surface area (Å²) < 4.78 is 18.4. The second kappa shape index (κ2) is 5.90. The van der Waals surface area contributed by atoms with Gasteiger partial charge in [-0.3, -0.25) is 0 Å². The van der Waals surface area contributed by atoms with Crippen LogP contribution in [0.1, 0.15) is 0 Å². The van der Waals surface area contributed by atoms with E-state index in [0.717, 1.165) is 0 Å². The number of aliphatic hydroxyl groups excluding tert-OH is 3. The van der Waals surface area contributed by atoms with Crippen LogP contribution in [0.15, 0.2) is 11.5 Å². The summed E-state index contributed by atoms with van der Waals surface area (Å²) in [4.78, 5) is 31.4. The van der Waals surface area contributed by atoms with Crippen molar-refractivity contribution in [3.8, 4) is 0 Å². The van der Waals surface area contributed by atoms with E-state index in [1.54, 1.807) is 0 Å². The number of ether oxygens (including phenoxy) is 1. The number of esters is 1. The Morgan fingerprint density at radius 1 is 1.53 bits per heavy atom. The van der Waals surface area contributed by atoms with Crippen molar-refractivity contribution < 1.29 is 63.2 Å². The molecule has 3 N–H and O–H groups in total. The SMILES string of the molecule is O=C1O[C@H]([C@@H](O)CO)C(OP(=O)([O-])[O-])=C1O.[Zn+2]. The maximum Gasteiger partial charge on any atom is 2.00 e. The van der Waals surface area contributed by atoms with E-state index >= 15 is 0 Å². The van der Waals surface area contributed by atoms with Gasteiger partial charge < -0.3 is 38.9 Å². The Morgan fingerprint density at radius 2 is 2.06 bits per heavy atom. The van der Waals surface area contributed by atoms with Gasteiger partial charge in [0.15, 0.2) is 11.9 Å². The topological polar surface area (TPSA) is 159 Å². The molecule has 1 aliphatic heterocycles. The van der Waals surface area contributed by atoms with Gasteiger partial charge >= 0.3 is 25.4 Å². The summed E-state index contributed by atoms with van der Waals surface area (Å²) >= 11 is 0. The molecule has 2 atom stereocenters. The molecule has 0 aromatic rings. The largest absolute Gasteiger partial charge is 2.00 e. The van der Waals surface area contributed by atoms with Crippen molar-refractivity contribution in [1.82, 2.24) is 0 Å². The van der Waals surface area contributed by atoms with Crippen LogP contribution >= 0.6 is 7.82 Å². The van der Waals surface area contributed by atoms with Crippen LogP contribution in [0, 0.1) is 0 Å². The molecule has 9 nitrogen and oxygen atoms in total. The number of rotatable bonds is 4. The molecule has 0 spiro atoms. The number of hydrogen-bond donors (Lipinski definition) is 3. The van der Waals surface area contributed by atoms with Crippen LogP contribution in [0.2, 0.25) is 0 Å². The molecule has 0 radical (unpaired) electrons. The standard InChI is InChI=1S/C6H9O9P.Zn/c7-1-2(8)4-5(15-16(11,12)13)3(9)6(10)14-4;/h2,4,7-9H,1H2,(H2,11,12,13);/q;+2/p-2/t2-,4+;/m0./s1. The molecule has 1 aliphatic rings. The fourth-order valence-electron chi connectivity index (χ4n) is 1.02. The first-order chi connectivity index (χ1) is 7.26. The van der Waals surface area contributed by atoms with Crippen LogP contribution in [-0.4, -0.2) is 40.1 Å². The van der Waals surface area contributed by atoms with E-state index in [1.165, 1.54) is 0 Å². The average molecular weight is 319 g/mol. The number of carbonyl (C=O) groups excluding carboxylic acids is 1. The molecule has 0 saturated carbocycles.